The number of rotatable bonds is 10. The first-order valence-electron chi connectivity index (χ1n) is 14.5. The van der Waals surface area contributed by atoms with Crippen LogP contribution < -0.4 is 0 Å². The lowest BCUT2D eigenvalue weighted by molar-refractivity contribution is -0.192. The minimum Gasteiger partial charge on any atom is -0.504 e. The molecule has 0 aliphatic heterocycles. The van der Waals surface area contributed by atoms with Crippen LogP contribution in [0.15, 0.2) is 36.4 Å². The molecule has 2 aromatic rings. The Labute approximate surface area is 253 Å². The lowest BCUT2D eigenvalue weighted by Crippen LogP contribution is -2.48. The Balaban J connectivity index is 0.000000329. The second kappa shape index (κ2) is 17.3. The molecule has 240 valence electrons. The topological polar surface area (TPSA) is 158 Å². The summed E-state index contributed by atoms with van der Waals surface area (Å²) in [5.74, 6) is 0.484. The van der Waals surface area contributed by atoms with Crippen LogP contribution in [0, 0.1) is 17.8 Å². The highest BCUT2D eigenvalue weighted by atomic mass is 16.7. The molecule has 4 N–H and O–H groups in total. The van der Waals surface area contributed by atoms with Gasteiger partial charge in [0.25, 0.3) is 0 Å². The van der Waals surface area contributed by atoms with Crippen molar-refractivity contribution in [2.24, 2.45) is 17.8 Å². The van der Waals surface area contributed by atoms with E-state index in [2.05, 4.69) is 20.8 Å². The highest BCUT2D eigenvalue weighted by Gasteiger charge is 2.38. The molecule has 3 rings (SSSR count). The first-order chi connectivity index (χ1) is 20.4. The van der Waals surface area contributed by atoms with Gasteiger partial charge in [-0.1, -0.05) is 39.3 Å². The number of phenolic OH excluding ortho intramolecular Hbond substituents is 4. The Morgan fingerprint density at radius 3 is 1.81 bits per heavy atom. The summed E-state index contributed by atoms with van der Waals surface area (Å²) in [5, 5.41) is 39.8. The molecule has 1 aliphatic rings. The van der Waals surface area contributed by atoms with Crippen molar-refractivity contribution in [2.75, 3.05) is 20.3 Å². The molecule has 12 heteroatoms. The van der Waals surface area contributed by atoms with Gasteiger partial charge in [0.2, 0.25) is 0 Å². The van der Waals surface area contributed by atoms with Gasteiger partial charge in [0.05, 0.1) is 19.3 Å². The average Bonchev–Trinajstić information content (AvgIpc) is 2.96. The molecule has 0 bridgehead atoms. The van der Waals surface area contributed by atoms with Crippen LogP contribution in [0.25, 0.3) is 0 Å². The molecule has 0 aromatic heterocycles. The molecule has 3 atom stereocenters. The summed E-state index contributed by atoms with van der Waals surface area (Å²) in [7, 11) is 1.43. The first kappa shape index (κ1) is 35.3. The molecule has 1 fully saturated rings. The predicted octanol–water partition coefficient (Wildman–Crippen LogP) is 6.07. The van der Waals surface area contributed by atoms with Gasteiger partial charge in [0.1, 0.15) is 13.2 Å². The Morgan fingerprint density at radius 2 is 1.33 bits per heavy atom. The molecule has 2 amide bonds. The maximum Gasteiger partial charge on any atom is 0.434 e. The zero-order valence-electron chi connectivity index (χ0n) is 25.9. The summed E-state index contributed by atoms with van der Waals surface area (Å²) in [6.45, 7) is 10.8. The summed E-state index contributed by atoms with van der Waals surface area (Å²) in [5.41, 5.74) is 1.29. The molecule has 0 unspecified atom stereocenters. The van der Waals surface area contributed by atoms with E-state index in [9.17, 15) is 24.9 Å². The van der Waals surface area contributed by atoms with Gasteiger partial charge in [-0.05, 0) is 79.8 Å². The van der Waals surface area contributed by atoms with Crippen molar-refractivity contribution in [3.8, 4) is 23.0 Å². The molecular formula is C31H46N2O10. The van der Waals surface area contributed by atoms with Crippen molar-refractivity contribution in [1.29, 1.82) is 0 Å². The number of hydroxylamine groups is 4. The third-order valence-corrected chi connectivity index (χ3v) is 7.14. The molecule has 2 aromatic carbocycles. The standard InChI is InChI=1S/C20H31NO5.C11H15NO5/c1-5-25-20(24)21(17-10-14(4)6-8-16(17)13(2)3)26-12-15-7-9-18(22)19(23)11-15;1-3-16-11(15)12(2)17-7-8-4-5-9(13)10(14)6-8/h7,9,11,13-14,16-17,22-23H,5-6,8,10,12H2,1-4H3;4-6,13-14H,3,7H2,1-2H3/t14-,16+,17-;/m1./s1. The highest BCUT2D eigenvalue weighted by molar-refractivity contribution is 5.67. The van der Waals surface area contributed by atoms with Crippen molar-refractivity contribution in [2.45, 2.75) is 73.1 Å². The van der Waals surface area contributed by atoms with E-state index in [1.807, 2.05) is 0 Å². The molecule has 0 spiro atoms. The number of benzene rings is 2. The van der Waals surface area contributed by atoms with Gasteiger partial charge in [-0.15, -0.1) is 0 Å². The normalized spacial score (nSPS) is 17.9. The number of hydrogen-bond donors (Lipinski definition) is 4. The van der Waals surface area contributed by atoms with E-state index in [0.717, 1.165) is 24.3 Å². The second-order valence-electron chi connectivity index (χ2n) is 10.8. The van der Waals surface area contributed by atoms with Crippen LogP contribution in [0.4, 0.5) is 9.59 Å². The van der Waals surface area contributed by atoms with Crippen LogP contribution >= 0.6 is 0 Å². The maximum atomic E-state index is 12.5. The van der Waals surface area contributed by atoms with E-state index < -0.39 is 12.2 Å². The fourth-order valence-electron chi connectivity index (χ4n) is 4.79. The van der Waals surface area contributed by atoms with E-state index in [1.165, 1.54) is 36.4 Å². The second-order valence-corrected chi connectivity index (χ2v) is 10.8. The van der Waals surface area contributed by atoms with Crippen LogP contribution in [0.3, 0.4) is 0 Å². The molecular weight excluding hydrogens is 560 g/mol. The quantitative estimate of drug-likeness (QED) is 0.185. The zero-order valence-corrected chi connectivity index (χ0v) is 25.9. The Morgan fingerprint density at radius 1 is 0.814 bits per heavy atom. The average molecular weight is 607 g/mol. The lowest BCUT2D eigenvalue weighted by Gasteiger charge is -2.42. The lowest BCUT2D eigenvalue weighted by atomic mass is 9.74. The minimum atomic E-state index is -0.587. The van der Waals surface area contributed by atoms with Crippen molar-refractivity contribution in [3.63, 3.8) is 0 Å². The van der Waals surface area contributed by atoms with Crippen molar-refractivity contribution in [3.05, 3.63) is 47.5 Å². The van der Waals surface area contributed by atoms with E-state index in [4.69, 9.17) is 24.3 Å². The molecule has 1 aliphatic carbocycles. The summed E-state index contributed by atoms with van der Waals surface area (Å²) in [6, 6.07) is 8.73. The van der Waals surface area contributed by atoms with Gasteiger partial charge in [0.15, 0.2) is 23.0 Å². The number of ether oxygens (including phenoxy) is 2. The molecule has 0 saturated heterocycles. The number of phenols is 4. The number of hydrogen-bond acceptors (Lipinski definition) is 10. The largest absolute Gasteiger partial charge is 0.504 e. The third kappa shape index (κ3) is 11.0. The SMILES string of the molecule is CCOC(=O)N(C)OCc1ccc(O)c(O)c1.CCOC(=O)N(OCc1ccc(O)c(O)c1)[C@@H]1C[C@H](C)CC[C@H]1C(C)C. The van der Waals surface area contributed by atoms with Crippen molar-refractivity contribution < 1.29 is 49.2 Å². The van der Waals surface area contributed by atoms with Gasteiger partial charge >= 0.3 is 12.2 Å². The van der Waals surface area contributed by atoms with E-state index in [0.29, 0.717) is 28.9 Å². The highest BCUT2D eigenvalue weighted by Crippen LogP contribution is 2.37. The predicted molar refractivity (Wildman–Crippen MR) is 158 cm³/mol. The molecule has 43 heavy (non-hydrogen) atoms. The smallest absolute Gasteiger partial charge is 0.434 e. The molecule has 0 heterocycles. The van der Waals surface area contributed by atoms with E-state index in [1.54, 1.807) is 26.0 Å². The van der Waals surface area contributed by atoms with Crippen molar-refractivity contribution in [1.82, 2.24) is 10.1 Å². The van der Waals surface area contributed by atoms with Crippen molar-refractivity contribution >= 4 is 12.2 Å². The zero-order chi connectivity index (χ0) is 32.1. The Hall–Kier alpha value is -3.90. The maximum absolute atomic E-state index is 12.5. The minimum absolute atomic E-state index is 0.0384. The Kier molecular flexibility index (Phi) is 14.2. The molecule has 12 nitrogen and oxygen atoms in total. The van der Waals surface area contributed by atoms with Gasteiger partial charge in [-0.3, -0.25) is 9.68 Å². The number of amides is 2. The third-order valence-electron chi connectivity index (χ3n) is 7.14. The van der Waals surface area contributed by atoms with Gasteiger partial charge in [-0.25, -0.2) is 9.59 Å². The van der Waals surface area contributed by atoms with Crippen LogP contribution in [-0.2, 0) is 32.4 Å². The summed E-state index contributed by atoms with van der Waals surface area (Å²) < 4.78 is 9.93. The molecule has 0 radical (unpaired) electrons. The number of aromatic hydroxyl groups is 4. The van der Waals surface area contributed by atoms with Crippen LogP contribution in [0.2, 0.25) is 0 Å². The summed E-state index contributed by atoms with van der Waals surface area (Å²) in [6.07, 6.45) is 2.03. The fourth-order valence-corrected chi connectivity index (χ4v) is 4.79. The van der Waals surface area contributed by atoms with Crippen LogP contribution in [0.1, 0.15) is 65.0 Å². The van der Waals surface area contributed by atoms with E-state index in [-0.39, 0.29) is 55.5 Å². The molecule has 1 saturated carbocycles. The summed E-state index contributed by atoms with van der Waals surface area (Å²) in [4.78, 5) is 34.7. The van der Waals surface area contributed by atoms with Gasteiger partial charge in [0, 0.05) is 7.05 Å². The number of carbonyl (C=O) groups excluding carboxylic acids is 2. The first-order valence-corrected chi connectivity index (χ1v) is 14.5. The summed E-state index contributed by atoms with van der Waals surface area (Å²) >= 11 is 0. The monoisotopic (exact) mass is 606 g/mol. The van der Waals surface area contributed by atoms with Gasteiger partial charge in [-0.2, -0.15) is 10.1 Å². The Bertz CT molecular complexity index is 1180. The van der Waals surface area contributed by atoms with Gasteiger partial charge < -0.3 is 29.9 Å². The number of carbonyl (C=O) groups is 2. The van der Waals surface area contributed by atoms with Crippen LogP contribution in [-0.4, -0.2) is 69.0 Å². The number of nitrogens with zero attached hydrogens (tertiary/aromatic N) is 2. The van der Waals surface area contributed by atoms with E-state index >= 15 is 0 Å². The fraction of sp³-hybridized carbons (Fsp3) is 0.548. The van der Waals surface area contributed by atoms with Crippen LogP contribution in [0.5, 0.6) is 23.0 Å².